The molecule has 1 aromatic carbocycles. The lowest BCUT2D eigenvalue weighted by Gasteiger charge is -2.04. The van der Waals surface area contributed by atoms with Gasteiger partial charge in [0.05, 0.1) is 5.69 Å². The molecule has 1 aromatic heterocycles. The van der Waals surface area contributed by atoms with Crippen molar-refractivity contribution in [3.63, 3.8) is 0 Å². The van der Waals surface area contributed by atoms with E-state index < -0.39 is 11.6 Å². The summed E-state index contributed by atoms with van der Waals surface area (Å²) in [5.74, 6) is -1.89. The third kappa shape index (κ3) is 1.74. The summed E-state index contributed by atoms with van der Waals surface area (Å²) in [6.07, 6.45) is 1.47. The number of nitrogens with one attached hydrogen (secondary N) is 1. The van der Waals surface area contributed by atoms with Crippen molar-refractivity contribution in [2.45, 2.75) is 6.92 Å². The van der Waals surface area contributed by atoms with Gasteiger partial charge in [-0.15, -0.1) is 0 Å². The van der Waals surface area contributed by atoms with Crippen LogP contribution in [0.3, 0.4) is 0 Å². The number of H-pyrrole nitrogens is 1. The first kappa shape index (κ1) is 10.5. The average Bonchev–Trinajstić information content (AvgIpc) is 2.26. The summed E-state index contributed by atoms with van der Waals surface area (Å²) < 4.78 is 26.4. The molecule has 0 bridgehead atoms. The monoisotopic (exact) mass is 221 g/mol. The molecule has 2 nitrogen and oxygen atoms in total. The fourth-order valence-corrected chi connectivity index (χ4v) is 1.41. The van der Waals surface area contributed by atoms with Crippen LogP contribution < -0.4 is 5.43 Å². The molecule has 1 heterocycles. The molecule has 0 amide bonds. The average molecular weight is 221 g/mol. The van der Waals surface area contributed by atoms with Gasteiger partial charge < -0.3 is 4.98 Å². The van der Waals surface area contributed by atoms with Gasteiger partial charge in [0.1, 0.15) is 0 Å². The number of aromatic nitrogens is 1. The van der Waals surface area contributed by atoms with Gasteiger partial charge in [-0.1, -0.05) is 6.07 Å². The van der Waals surface area contributed by atoms with Crippen LogP contribution in [0.15, 0.2) is 35.3 Å². The Morgan fingerprint density at radius 2 is 2.00 bits per heavy atom. The van der Waals surface area contributed by atoms with Crippen molar-refractivity contribution in [2.75, 3.05) is 0 Å². The van der Waals surface area contributed by atoms with Gasteiger partial charge in [-0.05, 0) is 19.1 Å². The lowest BCUT2D eigenvalue weighted by molar-refractivity contribution is 0.511. The molecule has 0 aliphatic rings. The van der Waals surface area contributed by atoms with E-state index in [1.54, 1.807) is 6.92 Å². The van der Waals surface area contributed by atoms with Gasteiger partial charge in [-0.3, -0.25) is 4.79 Å². The molecule has 1 N–H and O–H groups in total. The SMILES string of the molecule is Cc1c[nH]c(-c2cccc(F)c2F)cc1=O. The maximum atomic E-state index is 13.4. The van der Waals surface area contributed by atoms with Gasteiger partial charge in [0, 0.05) is 23.4 Å². The van der Waals surface area contributed by atoms with Crippen LogP contribution in [0.1, 0.15) is 5.56 Å². The number of hydrogen-bond donors (Lipinski definition) is 1. The third-order valence-corrected chi connectivity index (χ3v) is 2.35. The molecule has 0 unspecified atom stereocenters. The second-order valence-electron chi connectivity index (χ2n) is 3.50. The number of hydrogen-bond acceptors (Lipinski definition) is 1. The highest BCUT2D eigenvalue weighted by molar-refractivity contribution is 5.59. The number of aryl methyl sites for hydroxylation is 1. The minimum absolute atomic E-state index is 0.0529. The molecule has 0 saturated heterocycles. The van der Waals surface area contributed by atoms with Crippen molar-refractivity contribution < 1.29 is 8.78 Å². The number of halogens is 2. The van der Waals surface area contributed by atoms with Gasteiger partial charge in [0.2, 0.25) is 0 Å². The topological polar surface area (TPSA) is 32.9 Å². The van der Waals surface area contributed by atoms with Crippen molar-refractivity contribution in [2.24, 2.45) is 0 Å². The second kappa shape index (κ2) is 3.89. The third-order valence-electron chi connectivity index (χ3n) is 2.35. The Bertz CT molecular complexity index is 590. The van der Waals surface area contributed by atoms with E-state index in [1.165, 1.54) is 24.4 Å². The number of benzene rings is 1. The van der Waals surface area contributed by atoms with Crippen molar-refractivity contribution >= 4 is 0 Å². The molecule has 2 aromatic rings. The molecular weight excluding hydrogens is 212 g/mol. The molecule has 0 fully saturated rings. The zero-order chi connectivity index (χ0) is 11.7. The van der Waals surface area contributed by atoms with Crippen LogP contribution in [-0.2, 0) is 0 Å². The summed E-state index contributed by atoms with van der Waals surface area (Å²) in [6.45, 7) is 1.64. The molecule has 0 spiro atoms. The van der Waals surface area contributed by atoms with Crippen LogP contribution in [-0.4, -0.2) is 4.98 Å². The Morgan fingerprint density at radius 3 is 2.69 bits per heavy atom. The molecule has 2 rings (SSSR count). The molecule has 0 aliphatic heterocycles. The number of pyridine rings is 1. The quantitative estimate of drug-likeness (QED) is 0.788. The number of aromatic amines is 1. The van der Waals surface area contributed by atoms with Gasteiger partial charge in [0.25, 0.3) is 0 Å². The first-order valence-corrected chi connectivity index (χ1v) is 4.73. The van der Waals surface area contributed by atoms with Gasteiger partial charge in [-0.2, -0.15) is 0 Å². The van der Waals surface area contributed by atoms with Crippen molar-refractivity contribution in [3.8, 4) is 11.3 Å². The van der Waals surface area contributed by atoms with E-state index in [0.29, 0.717) is 5.56 Å². The van der Waals surface area contributed by atoms with Crippen molar-refractivity contribution in [1.29, 1.82) is 0 Å². The van der Waals surface area contributed by atoms with E-state index in [4.69, 9.17) is 0 Å². The molecule has 0 atom stereocenters. The van der Waals surface area contributed by atoms with Crippen LogP contribution in [0.4, 0.5) is 8.78 Å². The molecule has 16 heavy (non-hydrogen) atoms. The Labute approximate surface area is 90.6 Å². The summed E-state index contributed by atoms with van der Waals surface area (Å²) in [4.78, 5) is 14.1. The summed E-state index contributed by atoms with van der Waals surface area (Å²) >= 11 is 0. The first-order chi connectivity index (χ1) is 7.59. The Hall–Kier alpha value is -1.97. The smallest absolute Gasteiger partial charge is 0.185 e. The van der Waals surface area contributed by atoms with Crippen LogP contribution in [0.2, 0.25) is 0 Å². The van der Waals surface area contributed by atoms with E-state index in [0.717, 1.165) is 6.07 Å². The van der Waals surface area contributed by atoms with E-state index in [-0.39, 0.29) is 16.7 Å². The van der Waals surface area contributed by atoms with Crippen LogP contribution in [0.5, 0.6) is 0 Å². The van der Waals surface area contributed by atoms with Crippen molar-refractivity contribution in [1.82, 2.24) is 4.98 Å². The predicted octanol–water partition coefficient (Wildman–Crippen LogP) is 2.63. The highest BCUT2D eigenvalue weighted by atomic mass is 19.2. The van der Waals surface area contributed by atoms with Gasteiger partial charge >= 0.3 is 0 Å². The van der Waals surface area contributed by atoms with E-state index in [1.807, 2.05) is 0 Å². The lowest BCUT2D eigenvalue weighted by Crippen LogP contribution is -2.05. The normalized spacial score (nSPS) is 10.4. The highest BCUT2D eigenvalue weighted by Gasteiger charge is 2.10. The Kier molecular flexibility index (Phi) is 2.56. The largest absolute Gasteiger partial charge is 0.361 e. The summed E-state index contributed by atoms with van der Waals surface area (Å²) in [5.41, 5.74) is 0.641. The van der Waals surface area contributed by atoms with E-state index in [2.05, 4.69) is 4.98 Å². The van der Waals surface area contributed by atoms with Gasteiger partial charge in [-0.25, -0.2) is 8.78 Å². The Balaban J connectivity index is 2.63. The Morgan fingerprint density at radius 1 is 1.25 bits per heavy atom. The lowest BCUT2D eigenvalue weighted by atomic mass is 10.1. The van der Waals surface area contributed by atoms with Crippen LogP contribution >= 0.6 is 0 Å². The van der Waals surface area contributed by atoms with E-state index >= 15 is 0 Å². The predicted molar refractivity (Wildman–Crippen MR) is 57.2 cm³/mol. The standard InChI is InChI=1S/C12H9F2NO/c1-7-6-15-10(5-11(7)16)8-3-2-4-9(13)12(8)14/h2-6H,1H3,(H,15,16). The summed E-state index contributed by atoms with van der Waals surface area (Å²) in [7, 11) is 0. The van der Waals surface area contributed by atoms with Crippen molar-refractivity contribution in [3.05, 3.63) is 57.9 Å². The highest BCUT2D eigenvalue weighted by Crippen LogP contribution is 2.21. The first-order valence-electron chi connectivity index (χ1n) is 4.73. The molecular formula is C12H9F2NO. The van der Waals surface area contributed by atoms with Gasteiger partial charge in [0.15, 0.2) is 17.1 Å². The maximum absolute atomic E-state index is 13.4. The minimum atomic E-state index is -0.956. The molecule has 0 radical (unpaired) electrons. The molecule has 82 valence electrons. The molecule has 0 aliphatic carbocycles. The zero-order valence-electron chi connectivity index (χ0n) is 8.55. The molecule has 0 saturated carbocycles. The van der Waals surface area contributed by atoms with Crippen LogP contribution in [0.25, 0.3) is 11.3 Å². The summed E-state index contributed by atoms with van der Waals surface area (Å²) in [5, 5.41) is 0. The van der Waals surface area contributed by atoms with Crippen LogP contribution in [0, 0.1) is 18.6 Å². The maximum Gasteiger partial charge on any atom is 0.185 e. The fourth-order valence-electron chi connectivity index (χ4n) is 1.41. The summed E-state index contributed by atoms with van der Waals surface area (Å²) in [6, 6.07) is 5.10. The number of rotatable bonds is 1. The zero-order valence-corrected chi connectivity index (χ0v) is 8.55. The van der Waals surface area contributed by atoms with E-state index in [9.17, 15) is 13.6 Å². The minimum Gasteiger partial charge on any atom is -0.361 e. The second-order valence-corrected chi connectivity index (χ2v) is 3.50. The molecule has 4 heteroatoms. The fraction of sp³-hybridized carbons (Fsp3) is 0.0833.